The molecule has 1 aromatic rings. The number of amidine groups is 1. The predicted molar refractivity (Wildman–Crippen MR) is 73.5 cm³/mol. The van der Waals surface area contributed by atoms with Gasteiger partial charge in [0.2, 0.25) is 0 Å². The van der Waals surface area contributed by atoms with E-state index in [2.05, 4.69) is 15.1 Å². The maximum atomic E-state index is 14.1. The highest BCUT2D eigenvalue weighted by Gasteiger charge is 2.51. The fourth-order valence-electron chi connectivity index (χ4n) is 2.52. The Balaban J connectivity index is 2.61. The predicted octanol–water partition coefficient (Wildman–Crippen LogP) is 2.61. The molecule has 0 saturated carbocycles. The van der Waals surface area contributed by atoms with Crippen LogP contribution < -0.4 is 0 Å². The maximum Gasteiger partial charge on any atom is 0.330 e. The lowest BCUT2D eigenvalue weighted by Crippen LogP contribution is -2.53. The molecule has 1 aliphatic heterocycles. The average molecular weight is 311 g/mol. The van der Waals surface area contributed by atoms with Gasteiger partial charge in [0.1, 0.15) is 17.5 Å². The Labute approximate surface area is 126 Å². The number of ether oxygens (including phenoxy) is 2. The number of aliphatic imine (C=N–C) groups is 1. The summed E-state index contributed by atoms with van der Waals surface area (Å²) in [6.45, 7) is 1.46. The van der Waals surface area contributed by atoms with Crippen molar-refractivity contribution in [2.75, 3.05) is 7.11 Å². The Kier molecular flexibility index (Phi) is 4.85. The first-order valence-electron chi connectivity index (χ1n) is 6.37. The maximum absolute atomic E-state index is 14.1. The van der Waals surface area contributed by atoms with Gasteiger partial charge in [0, 0.05) is 12.7 Å². The van der Waals surface area contributed by atoms with E-state index in [9.17, 15) is 13.2 Å². The molecule has 9 heteroatoms. The third-order valence-electron chi connectivity index (χ3n) is 3.49. The Morgan fingerprint density at radius 2 is 2.09 bits per heavy atom. The lowest BCUT2D eigenvalue weighted by molar-refractivity contribution is -0.121. The summed E-state index contributed by atoms with van der Waals surface area (Å²) in [5, 5.41) is 6.33. The molecule has 0 saturated heterocycles. The minimum Gasteiger partial charge on any atom is -0.450 e. The molecule has 0 unspecified atom stereocenters. The topological polar surface area (TPSA) is 55.5 Å². The van der Waals surface area contributed by atoms with Crippen LogP contribution in [0.4, 0.5) is 13.2 Å². The molecule has 1 aromatic carbocycles. The number of hydrogen-bond donors (Lipinski definition) is 0. The highest BCUT2D eigenvalue weighted by molar-refractivity contribution is 6.05. The molecule has 0 fully saturated rings. The van der Waals surface area contributed by atoms with Crippen molar-refractivity contribution in [1.29, 1.82) is 0 Å². The monoisotopic (exact) mass is 311 g/mol. The van der Waals surface area contributed by atoms with Crippen LogP contribution in [0.1, 0.15) is 12.5 Å². The number of rotatable bonds is 3. The van der Waals surface area contributed by atoms with Crippen molar-refractivity contribution < 1.29 is 22.6 Å². The van der Waals surface area contributed by atoms with E-state index in [1.165, 1.54) is 32.2 Å². The summed E-state index contributed by atoms with van der Waals surface area (Å²) >= 11 is 0. The second kappa shape index (κ2) is 6.47. The fourth-order valence-corrected chi connectivity index (χ4v) is 2.52. The molecule has 0 bridgehead atoms. The third kappa shape index (κ3) is 2.85. The van der Waals surface area contributed by atoms with E-state index in [0.29, 0.717) is 0 Å². The number of methoxy groups -OCH3 is 1. The van der Waals surface area contributed by atoms with Crippen LogP contribution in [0.5, 0.6) is 0 Å². The van der Waals surface area contributed by atoms with Crippen molar-refractivity contribution in [1.82, 2.24) is 0 Å². The Hall–Kier alpha value is -1.90. The number of halogens is 3. The molecule has 0 amide bonds. The summed E-state index contributed by atoms with van der Waals surface area (Å²) in [7, 11) is 6.14. The van der Waals surface area contributed by atoms with Crippen molar-refractivity contribution in [2.45, 2.75) is 31.1 Å². The minimum atomic E-state index is -2.89. The van der Waals surface area contributed by atoms with Crippen LogP contribution >= 0.6 is 0 Å². The van der Waals surface area contributed by atoms with Crippen molar-refractivity contribution in [2.24, 2.45) is 15.1 Å². The SMILES string of the molecule is [B]N=NC1=N[C@](C)(c2ccccc2F)[C@@H](OC)[C@@H](C(F)F)O1. The van der Waals surface area contributed by atoms with Crippen LogP contribution in [0.25, 0.3) is 0 Å². The number of benzene rings is 1. The Morgan fingerprint density at radius 1 is 1.41 bits per heavy atom. The number of alkyl halides is 2. The van der Waals surface area contributed by atoms with Gasteiger partial charge < -0.3 is 9.47 Å². The molecule has 1 heterocycles. The van der Waals surface area contributed by atoms with E-state index in [1.54, 1.807) is 6.07 Å². The van der Waals surface area contributed by atoms with E-state index >= 15 is 0 Å². The van der Waals surface area contributed by atoms with Crippen molar-refractivity contribution in [3.63, 3.8) is 0 Å². The second-order valence-corrected chi connectivity index (χ2v) is 4.81. The van der Waals surface area contributed by atoms with Gasteiger partial charge in [-0.2, -0.15) is 0 Å². The summed E-state index contributed by atoms with van der Waals surface area (Å²) in [4.78, 5) is 4.08. The zero-order valence-electron chi connectivity index (χ0n) is 11.9. The van der Waals surface area contributed by atoms with E-state index in [1.807, 2.05) is 0 Å². The molecular formula is C13H13BF3N3O2. The van der Waals surface area contributed by atoms with Crippen LogP contribution in [0.15, 0.2) is 39.4 Å². The summed E-state index contributed by atoms with van der Waals surface area (Å²) in [6, 6.07) is 5.25. The van der Waals surface area contributed by atoms with E-state index < -0.39 is 36.0 Å². The zero-order chi connectivity index (χ0) is 16.3. The fraction of sp³-hybridized carbons (Fsp3) is 0.462. The summed E-state index contributed by atoms with van der Waals surface area (Å²) in [5.41, 5.74) is -1.39. The number of nitrogens with zero attached hydrogens (tertiary/aromatic N) is 3. The molecule has 2 rings (SSSR count). The van der Waals surface area contributed by atoms with Gasteiger partial charge in [0.25, 0.3) is 14.4 Å². The van der Waals surface area contributed by atoms with Crippen LogP contribution in [0, 0.1) is 5.82 Å². The molecule has 116 valence electrons. The Bertz CT molecular complexity index is 600. The van der Waals surface area contributed by atoms with Crippen LogP contribution in [-0.4, -0.2) is 39.7 Å². The highest BCUT2D eigenvalue weighted by atomic mass is 19.3. The van der Waals surface area contributed by atoms with E-state index in [0.717, 1.165) is 0 Å². The van der Waals surface area contributed by atoms with Gasteiger partial charge in [-0.25, -0.2) is 18.2 Å². The summed E-state index contributed by atoms with van der Waals surface area (Å²) in [5.74, 6) is -0.602. The molecule has 0 aromatic heterocycles. The molecule has 0 aliphatic carbocycles. The lowest BCUT2D eigenvalue weighted by Gasteiger charge is -2.41. The number of hydrogen-bond acceptors (Lipinski definition) is 5. The van der Waals surface area contributed by atoms with Gasteiger partial charge in [0.05, 0.1) is 0 Å². The largest absolute Gasteiger partial charge is 0.450 e. The van der Waals surface area contributed by atoms with Crippen LogP contribution in [0.2, 0.25) is 0 Å². The van der Waals surface area contributed by atoms with Gasteiger partial charge in [-0.1, -0.05) is 18.2 Å². The first-order chi connectivity index (χ1) is 10.4. The van der Waals surface area contributed by atoms with Gasteiger partial charge in [0.15, 0.2) is 6.10 Å². The minimum absolute atomic E-state index is 0.0838. The second-order valence-electron chi connectivity index (χ2n) is 4.81. The normalized spacial score (nSPS) is 28.7. The van der Waals surface area contributed by atoms with E-state index in [4.69, 9.17) is 17.5 Å². The first-order valence-corrected chi connectivity index (χ1v) is 6.37. The third-order valence-corrected chi connectivity index (χ3v) is 3.49. The summed E-state index contributed by atoms with van der Waals surface area (Å²) < 4.78 is 50.8. The van der Waals surface area contributed by atoms with Crippen molar-refractivity contribution in [3.8, 4) is 0 Å². The highest BCUT2D eigenvalue weighted by Crippen LogP contribution is 2.39. The van der Waals surface area contributed by atoms with Gasteiger partial charge in [-0.15, -0.1) is 5.11 Å². The van der Waals surface area contributed by atoms with Crippen molar-refractivity contribution >= 4 is 14.0 Å². The molecule has 22 heavy (non-hydrogen) atoms. The average Bonchev–Trinajstić information content (AvgIpc) is 2.47. The first kappa shape index (κ1) is 16.5. The molecular weight excluding hydrogens is 298 g/mol. The van der Waals surface area contributed by atoms with Gasteiger partial charge in [-0.05, 0) is 13.0 Å². The van der Waals surface area contributed by atoms with Crippen molar-refractivity contribution in [3.05, 3.63) is 35.6 Å². The molecule has 1 aliphatic rings. The summed E-state index contributed by atoms with van der Waals surface area (Å²) in [6.07, 6.45) is -5.80. The standard InChI is InChI=1S/C13H13BF3N3O2/c1-13(7-5-3-4-6-8(7)15)10(21-2)9(11(16)17)22-12(18-13)19-20-14/h3-6,9-11H,1-2H3/t9-,10-,13+/m0/s1. The van der Waals surface area contributed by atoms with Gasteiger partial charge >= 0.3 is 6.02 Å². The quantitative estimate of drug-likeness (QED) is 0.636. The molecule has 0 spiro atoms. The van der Waals surface area contributed by atoms with Crippen LogP contribution in [0.3, 0.4) is 0 Å². The van der Waals surface area contributed by atoms with E-state index in [-0.39, 0.29) is 5.56 Å². The van der Waals surface area contributed by atoms with Crippen LogP contribution in [-0.2, 0) is 15.0 Å². The molecule has 2 radical (unpaired) electrons. The smallest absolute Gasteiger partial charge is 0.330 e. The lowest BCUT2D eigenvalue weighted by atomic mass is 9.83. The molecule has 5 nitrogen and oxygen atoms in total. The zero-order valence-corrected chi connectivity index (χ0v) is 11.9. The van der Waals surface area contributed by atoms with Gasteiger partial charge in [-0.3, -0.25) is 5.03 Å². The Morgan fingerprint density at radius 3 is 2.64 bits per heavy atom. The molecule has 3 atom stereocenters. The molecule has 0 N–H and O–H groups in total.